The Labute approximate surface area is 123 Å². The van der Waals surface area contributed by atoms with Crippen molar-refractivity contribution in [2.45, 2.75) is 19.4 Å². The quantitative estimate of drug-likeness (QED) is 0.894. The molecule has 0 saturated carbocycles. The molecule has 7 heteroatoms. The van der Waals surface area contributed by atoms with Crippen molar-refractivity contribution < 1.29 is 8.42 Å². The van der Waals surface area contributed by atoms with Crippen LogP contribution in [-0.2, 0) is 9.84 Å². The summed E-state index contributed by atoms with van der Waals surface area (Å²) in [5.41, 5.74) is 0.840. The van der Waals surface area contributed by atoms with Gasteiger partial charge in [0.15, 0.2) is 9.84 Å². The normalized spacial score (nSPS) is 20.5. The van der Waals surface area contributed by atoms with Crippen molar-refractivity contribution in [3.05, 3.63) is 24.3 Å². The van der Waals surface area contributed by atoms with Crippen molar-refractivity contribution in [3.8, 4) is 0 Å². The van der Waals surface area contributed by atoms with E-state index in [2.05, 4.69) is 20.6 Å². The molecule has 0 amide bonds. The first kappa shape index (κ1) is 14.1. The molecule has 0 spiro atoms. The number of hydrogen-bond acceptors (Lipinski definition) is 6. The molecule has 3 rings (SSSR count). The molecule has 2 aromatic rings. The molecule has 1 aromatic heterocycles. The minimum absolute atomic E-state index is 0.0808. The summed E-state index contributed by atoms with van der Waals surface area (Å²) in [6.07, 6.45) is 0.622. The van der Waals surface area contributed by atoms with Crippen LogP contribution in [-0.4, -0.2) is 42.5 Å². The van der Waals surface area contributed by atoms with E-state index >= 15 is 0 Å². The molecule has 2 heterocycles. The lowest BCUT2D eigenvalue weighted by molar-refractivity contribution is 0.602. The van der Waals surface area contributed by atoms with Gasteiger partial charge in [0.05, 0.1) is 17.0 Å². The molecule has 1 atom stereocenters. The maximum absolute atomic E-state index is 11.6. The Morgan fingerprint density at radius 3 is 2.81 bits per heavy atom. The highest BCUT2D eigenvalue weighted by molar-refractivity contribution is 7.91. The zero-order chi connectivity index (χ0) is 14.9. The lowest BCUT2D eigenvalue weighted by atomic mass is 10.2. The summed E-state index contributed by atoms with van der Waals surface area (Å²) < 4.78 is 23.2. The first-order valence-corrected chi connectivity index (χ1v) is 8.87. The minimum atomic E-state index is -2.91. The molecular formula is C14H18N4O2S. The van der Waals surface area contributed by atoms with E-state index in [1.54, 1.807) is 0 Å². The number of nitrogens with zero attached hydrogens (tertiary/aromatic N) is 2. The molecule has 0 radical (unpaired) electrons. The van der Waals surface area contributed by atoms with E-state index in [9.17, 15) is 8.42 Å². The van der Waals surface area contributed by atoms with E-state index in [-0.39, 0.29) is 17.5 Å². The molecule has 21 heavy (non-hydrogen) atoms. The molecule has 6 nitrogen and oxygen atoms in total. The standard InChI is InChI=1S/C14H18N4O2S/c1-2-15-14-17-12-6-4-3-5-11(12)13(18-14)16-10-7-8-21(19,20)9-10/h3-6,10H,2,7-9H2,1H3,(H2,15,16,17,18). The van der Waals surface area contributed by atoms with Crippen LogP contribution in [0.2, 0.25) is 0 Å². The number of anilines is 2. The first-order valence-electron chi connectivity index (χ1n) is 7.05. The molecule has 112 valence electrons. The Bertz CT molecular complexity index is 761. The monoisotopic (exact) mass is 306 g/mol. The van der Waals surface area contributed by atoms with Crippen molar-refractivity contribution in [3.63, 3.8) is 0 Å². The number of aromatic nitrogens is 2. The maximum Gasteiger partial charge on any atom is 0.225 e. The molecule has 1 aliphatic rings. The van der Waals surface area contributed by atoms with Crippen LogP contribution in [0.1, 0.15) is 13.3 Å². The number of nitrogens with one attached hydrogen (secondary N) is 2. The van der Waals surface area contributed by atoms with E-state index < -0.39 is 9.84 Å². The van der Waals surface area contributed by atoms with Crippen LogP contribution in [0.25, 0.3) is 10.9 Å². The fourth-order valence-electron chi connectivity index (χ4n) is 2.53. The number of benzene rings is 1. The number of sulfone groups is 1. The van der Waals surface area contributed by atoms with Gasteiger partial charge in [-0.3, -0.25) is 0 Å². The third-order valence-electron chi connectivity index (χ3n) is 3.51. The molecular weight excluding hydrogens is 288 g/mol. The zero-order valence-corrected chi connectivity index (χ0v) is 12.7. The average Bonchev–Trinajstić information content (AvgIpc) is 2.78. The van der Waals surface area contributed by atoms with Gasteiger partial charge in [-0.1, -0.05) is 12.1 Å². The summed E-state index contributed by atoms with van der Waals surface area (Å²) in [5, 5.41) is 7.27. The third-order valence-corrected chi connectivity index (χ3v) is 5.28. The predicted octanol–water partition coefficient (Wildman–Crippen LogP) is 1.66. The highest BCUT2D eigenvalue weighted by atomic mass is 32.2. The third kappa shape index (κ3) is 3.07. The second kappa shape index (κ2) is 5.48. The van der Waals surface area contributed by atoms with E-state index in [1.165, 1.54) is 0 Å². The second-order valence-corrected chi connectivity index (χ2v) is 7.42. The topological polar surface area (TPSA) is 84.0 Å². The van der Waals surface area contributed by atoms with Gasteiger partial charge >= 0.3 is 0 Å². The van der Waals surface area contributed by atoms with Crippen LogP contribution in [0.3, 0.4) is 0 Å². The van der Waals surface area contributed by atoms with Crippen molar-refractivity contribution >= 4 is 32.5 Å². The Morgan fingerprint density at radius 1 is 1.29 bits per heavy atom. The van der Waals surface area contributed by atoms with Crippen LogP contribution >= 0.6 is 0 Å². The lowest BCUT2D eigenvalue weighted by Gasteiger charge is -2.15. The Kier molecular flexibility index (Phi) is 3.67. The van der Waals surface area contributed by atoms with Gasteiger partial charge in [0, 0.05) is 18.0 Å². The van der Waals surface area contributed by atoms with E-state index in [1.807, 2.05) is 31.2 Å². The molecule has 1 unspecified atom stereocenters. The summed E-state index contributed by atoms with van der Waals surface area (Å²) in [4.78, 5) is 8.92. The molecule has 0 bridgehead atoms. The second-order valence-electron chi connectivity index (χ2n) is 5.19. The number of hydrogen-bond donors (Lipinski definition) is 2. The molecule has 1 aromatic carbocycles. The highest BCUT2D eigenvalue weighted by Gasteiger charge is 2.28. The molecule has 1 fully saturated rings. The largest absolute Gasteiger partial charge is 0.366 e. The van der Waals surface area contributed by atoms with E-state index in [0.29, 0.717) is 18.2 Å². The summed E-state index contributed by atoms with van der Waals surface area (Å²) in [6, 6.07) is 7.64. The van der Waals surface area contributed by atoms with Gasteiger partial charge in [0.25, 0.3) is 0 Å². The fourth-order valence-corrected chi connectivity index (χ4v) is 4.20. The maximum atomic E-state index is 11.6. The summed E-state index contributed by atoms with van der Waals surface area (Å²) in [6.45, 7) is 2.71. The van der Waals surface area contributed by atoms with Gasteiger partial charge in [-0.05, 0) is 25.5 Å². The zero-order valence-electron chi connectivity index (χ0n) is 11.8. The van der Waals surface area contributed by atoms with Crippen LogP contribution in [0.4, 0.5) is 11.8 Å². The summed E-state index contributed by atoms with van der Waals surface area (Å²) in [7, 11) is -2.91. The Hall–Kier alpha value is -1.89. The number of fused-ring (bicyclic) bond motifs is 1. The molecule has 2 N–H and O–H groups in total. The van der Waals surface area contributed by atoms with Gasteiger partial charge in [0.1, 0.15) is 5.82 Å². The van der Waals surface area contributed by atoms with E-state index in [4.69, 9.17) is 0 Å². The smallest absolute Gasteiger partial charge is 0.225 e. The lowest BCUT2D eigenvalue weighted by Crippen LogP contribution is -2.22. The van der Waals surface area contributed by atoms with Crippen molar-refractivity contribution in [2.24, 2.45) is 0 Å². The van der Waals surface area contributed by atoms with Crippen LogP contribution < -0.4 is 10.6 Å². The molecule has 0 aliphatic carbocycles. The van der Waals surface area contributed by atoms with Gasteiger partial charge in [0.2, 0.25) is 5.95 Å². The highest BCUT2D eigenvalue weighted by Crippen LogP contribution is 2.24. The first-order chi connectivity index (χ1) is 10.1. The van der Waals surface area contributed by atoms with Gasteiger partial charge in [-0.15, -0.1) is 0 Å². The van der Waals surface area contributed by atoms with Gasteiger partial charge < -0.3 is 10.6 Å². The van der Waals surface area contributed by atoms with Crippen LogP contribution in [0, 0.1) is 0 Å². The van der Waals surface area contributed by atoms with Crippen molar-refractivity contribution in [1.82, 2.24) is 9.97 Å². The van der Waals surface area contributed by atoms with Crippen molar-refractivity contribution in [2.75, 3.05) is 28.7 Å². The van der Waals surface area contributed by atoms with Crippen LogP contribution in [0.5, 0.6) is 0 Å². The fraction of sp³-hybridized carbons (Fsp3) is 0.429. The van der Waals surface area contributed by atoms with Gasteiger partial charge in [-0.2, -0.15) is 4.98 Å². The molecule has 1 aliphatic heterocycles. The average molecular weight is 306 g/mol. The predicted molar refractivity (Wildman–Crippen MR) is 84.4 cm³/mol. The molecule has 1 saturated heterocycles. The minimum Gasteiger partial charge on any atom is -0.366 e. The van der Waals surface area contributed by atoms with Gasteiger partial charge in [-0.25, -0.2) is 13.4 Å². The van der Waals surface area contributed by atoms with Crippen molar-refractivity contribution in [1.29, 1.82) is 0 Å². The van der Waals surface area contributed by atoms with Crippen LogP contribution in [0.15, 0.2) is 24.3 Å². The SMILES string of the molecule is CCNc1nc(NC2CCS(=O)(=O)C2)c2ccccc2n1. The number of para-hydroxylation sites is 1. The summed E-state index contributed by atoms with van der Waals surface area (Å²) >= 11 is 0. The Morgan fingerprint density at radius 2 is 2.10 bits per heavy atom. The number of rotatable bonds is 4. The Balaban J connectivity index is 1.96. The van der Waals surface area contributed by atoms with E-state index in [0.717, 1.165) is 17.4 Å². The summed E-state index contributed by atoms with van der Waals surface area (Å²) in [5.74, 6) is 1.66.